The summed E-state index contributed by atoms with van der Waals surface area (Å²) in [5, 5.41) is 13.2. The molecule has 0 fully saturated rings. The molecule has 1 aromatic rings. The van der Waals surface area contributed by atoms with E-state index in [1.807, 2.05) is 57.1 Å². The van der Waals surface area contributed by atoms with Gasteiger partial charge in [0.25, 0.3) is 0 Å². The molecule has 1 unspecified atom stereocenters. The molecule has 0 radical (unpaired) electrons. The Morgan fingerprint density at radius 3 is 2.60 bits per heavy atom. The predicted molar refractivity (Wildman–Crippen MR) is 79.3 cm³/mol. The number of aliphatic hydroxyl groups excluding tert-OH is 1. The summed E-state index contributed by atoms with van der Waals surface area (Å²) in [5.74, 6) is 0.199. The molecule has 1 amide bonds. The van der Waals surface area contributed by atoms with Crippen molar-refractivity contribution in [1.82, 2.24) is 10.2 Å². The Morgan fingerprint density at radius 1 is 1.35 bits per heavy atom. The topological polar surface area (TPSA) is 52.6 Å². The second-order valence-electron chi connectivity index (χ2n) is 6.11. The first kappa shape index (κ1) is 15.0. The van der Waals surface area contributed by atoms with E-state index in [0.29, 0.717) is 6.42 Å². The Balaban J connectivity index is 2.16. The lowest BCUT2D eigenvalue weighted by molar-refractivity contribution is -0.128. The summed E-state index contributed by atoms with van der Waals surface area (Å²) in [6, 6.07) is 7.43. The number of amides is 1. The molecule has 0 heterocycles. The highest BCUT2D eigenvalue weighted by Crippen LogP contribution is 2.31. The minimum atomic E-state index is -0.536. The van der Waals surface area contributed by atoms with Gasteiger partial charge >= 0.3 is 0 Å². The summed E-state index contributed by atoms with van der Waals surface area (Å²) in [5.41, 5.74) is 2.16. The standard InChI is InChI=1S/C16H24N2O2/c1-10(2)15(18(3)4)16(20)17-14-12-8-6-5-7-11(12)9-13(14)19/h5-8,10,13-15,19H,9H2,1-4H3,(H,17,20)/t13-,14+,15?/m1/s1. The number of fused-ring (bicyclic) bond motifs is 1. The molecule has 2 N–H and O–H groups in total. The molecular formula is C16H24N2O2. The van der Waals surface area contributed by atoms with Gasteiger partial charge in [0, 0.05) is 6.42 Å². The largest absolute Gasteiger partial charge is 0.390 e. The maximum atomic E-state index is 12.5. The molecule has 1 aromatic carbocycles. The first-order valence-electron chi connectivity index (χ1n) is 7.14. The van der Waals surface area contributed by atoms with E-state index in [4.69, 9.17) is 0 Å². The van der Waals surface area contributed by atoms with Crippen LogP contribution in [0.2, 0.25) is 0 Å². The molecule has 3 atom stereocenters. The van der Waals surface area contributed by atoms with E-state index in [1.165, 1.54) is 0 Å². The van der Waals surface area contributed by atoms with Crippen LogP contribution in [-0.2, 0) is 11.2 Å². The van der Waals surface area contributed by atoms with E-state index in [1.54, 1.807) is 0 Å². The van der Waals surface area contributed by atoms with Gasteiger partial charge in [0.05, 0.1) is 18.2 Å². The lowest BCUT2D eigenvalue weighted by atomic mass is 10.0. The quantitative estimate of drug-likeness (QED) is 0.873. The van der Waals surface area contributed by atoms with Gasteiger partial charge in [-0.15, -0.1) is 0 Å². The minimum Gasteiger partial charge on any atom is -0.390 e. The normalized spacial score (nSPS) is 22.9. The molecule has 0 saturated carbocycles. The number of benzene rings is 1. The molecule has 0 bridgehead atoms. The third kappa shape index (κ3) is 2.86. The monoisotopic (exact) mass is 276 g/mol. The number of likely N-dealkylation sites (N-methyl/N-ethyl adjacent to an activating group) is 1. The number of nitrogens with one attached hydrogen (secondary N) is 1. The van der Waals surface area contributed by atoms with Gasteiger partial charge in [-0.2, -0.15) is 0 Å². The number of carbonyl (C=O) groups excluding carboxylic acids is 1. The summed E-state index contributed by atoms with van der Waals surface area (Å²) in [7, 11) is 3.81. The molecule has 110 valence electrons. The van der Waals surface area contributed by atoms with Gasteiger partial charge in [-0.05, 0) is 31.1 Å². The van der Waals surface area contributed by atoms with Crippen LogP contribution < -0.4 is 5.32 Å². The highest BCUT2D eigenvalue weighted by atomic mass is 16.3. The minimum absolute atomic E-state index is 0.0225. The molecule has 4 nitrogen and oxygen atoms in total. The second-order valence-corrected chi connectivity index (χ2v) is 6.11. The molecule has 4 heteroatoms. The van der Waals surface area contributed by atoms with Gasteiger partial charge < -0.3 is 10.4 Å². The van der Waals surface area contributed by atoms with E-state index < -0.39 is 6.10 Å². The molecule has 0 spiro atoms. The summed E-state index contributed by atoms with van der Waals surface area (Å²) < 4.78 is 0. The van der Waals surface area contributed by atoms with Gasteiger partial charge in [-0.3, -0.25) is 9.69 Å². The average molecular weight is 276 g/mol. The van der Waals surface area contributed by atoms with Crippen LogP contribution >= 0.6 is 0 Å². The fourth-order valence-electron chi connectivity index (χ4n) is 3.12. The summed E-state index contributed by atoms with van der Waals surface area (Å²) in [6.07, 6.45) is 0.0708. The van der Waals surface area contributed by atoms with Crippen molar-refractivity contribution in [2.24, 2.45) is 5.92 Å². The van der Waals surface area contributed by atoms with Crippen molar-refractivity contribution in [3.8, 4) is 0 Å². The third-order valence-corrected chi connectivity index (χ3v) is 3.96. The van der Waals surface area contributed by atoms with Crippen molar-refractivity contribution < 1.29 is 9.90 Å². The first-order valence-corrected chi connectivity index (χ1v) is 7.14. The Labute approximate surface area is 120 Å². The maximum absolute atomic E-state index is 12.5. The van der Waals surface area contributed by atoms with Crippen molar-refractivity contribution in [1.29, 1.82) is 0 Å². The van der Waals surface area contributed by atoms with E-state index in [2.05, 4.69) is 5.32 Å². The first-order chi connectivity index (χ1) is 9.41. The van der Waals surface area contributed by atoms with Crippen LogP contribution in [0, 0.1) is 5.92 Å². The molecule has 2 rings (SSSR count). The van der Waals surface area contributed by atoms with Crippen molar-refractivity contribution in [2.75, 3.05) is 14.1 Å². The number of rotatable bonds is 4. The maximum Gasteiger partial charge on any atom is 0.238 e. The van der Waals surface area contributed by atoms with Crippen LogP contribution in [0.3, 0.4) is 0 Å². The van der Waals surface area contributed by atoms with Crippen LogP contribution in [0.15, 0.2) is 24.3 Å². The summed E-state index contributed by atoms with van der Waals surface area (Å²) in [6.45, 7) is 4.06. The molecule has 1 aliphatic carbocycles. The fraction of sp³-hybridized carbons (Fsp3) is 0.562. The van der Waals surface area contributed by atoms with Gasteiger partial charge in [0.2, 0.25) is 5.91 Å². The molecule has 20 heavy (non-hydrogen) atoms. The van der Waals surface area contributed by atoms with E-state index in [0.717, 1.165) is 11.1 Å². The Hall–Kier alpha value is -1.39. The number of hydrogen-bond donors (Lipinski definition) is 2. The second kappa shape index (κ2) is 5.94. The molecule has 0 aromatic heterocycles. The average Bonchev–Trinajstić information content (AvgIpc) is 2.65. The third-order valence-electron chi connectivity index (χ3n) is 3.96. The molecular weight excluding hydrogens is 252 g/mol. The Morgan fingerprint density at radius 2 is 2.00 bits per heavy atom. The van der Waals surface area contributed by atoms with Crippen molar-refractivity contribution in [3.05, 3.63) is 35.4 Å². The van der Waals surface area contributed by atoms with Gasteiger partial charge in [-0.1, -0.05) is 38.1 Å². The number of nitrogens with zero attached hydrogens (tertiary/aromatic N) is 1. The highest BCUT2D eigenvalue weighted by molar-refractivity contribution is 5.82. The Bertz CT molecular complexity index is 477. The zero-order chi connectivity index (χ0) is 14.9. The van der Waals surface area contributed by atoms with Crippen LogP contribution in [0.4, 0.5) is 0 Å². The molecule has 1 aliphatic rings. The van der Waals surface area contributed by atoms with Crippen molar-refractivity contribution in [3.63, 3.8) is 0 Å². The molecule has 0 aliphatic heterocycles. The van der Waals surface area contributed by atoms with E-state index >= 15 is 0 Å². The van der Waals surface area contributed by atoms with Crippen LogP contribution in [0.25, 0.3) is 0 Å². The number of hydrogen-bond acceptors (Lipinski definition) is 3. The summed E-state index contributed by atoms with van der Waals surface area (Å²) >= 11 is 0. The highest BCUT2D eigenvalue weighted by Gasteiger charge is 2.34. The predicted octanol–water partition coefficient (Wildman–Crippen LogP) is 1.35. The van der Waals surface area contributed by atoms with Crippen LogP contribution in [-0.4, -0.2) is 42.2 Å². The number of aliphatic hydroxyl groups is 1. The van der Waals surface area contributed by atoms with Crippen molar-refractivity contribution >= 4 is 5.91 Å². The van der Waals surface area contributed by atoms with E-state index in [9.17, 15) is 9.90 Å². The van der Waals surface area contributed by atoms with Crippen LogP contribution in [0.5, 0.6) is 0 Å². The Kier molecular flexibility index (Phi) is 4.45. The lowest BCUT2D eigenvalue weighted by Crippen LogP contribution is -2.48. The van der Waals surface area contributed by atoms with Gasteiger partial charge in [-0.25, -0.2) is 0 Å². The van der Waals surface area contributed by atoms with E-state index in [-0.39, 0.29) is 23.9 Å². The summed E-state index contributed by atoms with van der Waals surface area (Å²) in [4.78, 5) is 14.4. The zero-order valence-electron chi connectivity index (χ0n) is 12.6. The van der Waals surface area contributed by atoms with Crippen molar-refractivity contribution in [2.45, 2.75) is 38.5 Å². The fourth-order valence-corrected chi connectivity index (χ4v) is 3.12. The van der Waals surface area contributed by atoms with Gasteiger partial charge in [0.15, 0.2) is 0 Å². The smallest absolute Gasteiger partial charge is 0.238 e. The molecule has 0 saturated heterocycles. The zero-order valence-corrected chi connectivity index (χ0v) is 12.6. The number of carbonyl (C=O) groups is 1. The van der Waals surface area contributed by atoms with Gasteiger partial charge in [0.1, 0.15) is 0 Å². The SMILES string of the molecule is CC(C)C(C(=O)N[C@H]1c2ccccc2C[C@H]1O)N(C)C. The van der Waals surface area contributed by atoms with Crippen LogP contribution in [0.1, 0.15) is 31.0 Å². The lowest BCUT2D eigenvalue weighted by Gasteiger charge is -2.29.